The topological polar surface area (TPSA) is 107 Å². The first-order chi connectivity index (χ1) is 13.0. The summed E-state index contributed by atoms with van der Waals surface area (Å²) in [6, 6.07) is 5.25. The third-order valence-electron chi connectivity index (χ3n) is 3.76. The maximum Gasteiger partial charge on any atom is 0.375 e. The Kier molecular flexibility index (Phi) is 7.22. The second kappa shape index (κ2) is 9.61. The van der Waals surface area contributed by atoms with E-state index in [-0.39, 0.29) is 18.2 Å². The summed E-state index contributed by atoms with van der Waals surface area (Å²) < 4.78 is 16.0. The molecule has 0 bridgehead atoms. The van der Waals surface area contributed by atoms with Gasteiger partial charge < -0.3 is 24.5 Å². The number of carbonyl (C=O) groups excluding carboxylic acids is 3. The molecule has 0 radical (unpaired) electrons. The summed E-state index contributed by atoms with van der Waals surface area (Å²) in [7, 11) is 0. The third kappa shape index (κ3) is 5.47. The minimum absolute atomic E-state index is 0.0344. The van der Waals surface area contributed by atoms with Crippen LogP contribution in [0.25, 0.3) is 11.0 Å². The highest BCUT2D eigenvalue weighted by Crippen LogP contribution is 2.29. The molecule has 0 saturated heterocycles. The van der Waals surface area contributed by atoms with Gasteiger partial charge in [-0.25, -0.2) is 4.79 Å². The first-order valence-corrected chi connectivity index (χ1v) is 8.82. The summed E-state index contributed by atoms with van der Waals surface area (Å²) in [6.07, 6.45) is 0.806. The molecular weight excluding hydrogens is 352 g/mol. The lowest BCUT2D eigenvalue weighted by atomic mass is 10.1. The van der Waals surface area contributed by atoms with Crippen LogP contribution >= 0.6 is 0 Å². The average Bonchev–Trinajstić information content (AvgIpc) is 2.99. The van der Waals surface area contributed by atoms with Gasteiger partial charge in [-0.05, 0) is 38.5 Å². The average molecular weight is 376 g/mol. The predicted molar refractivity (Wildman–Crippen MR) is 98.7 cm³/mol. The molecule has 8 heteroatoms. The molecule has 1 aromatic carbocycles. The Morgan fingerprint density at radius 3 is 2.59 bits per heavy atom. The minimum atomic E-state index is -0.743. The van der Waals surface area contributed by atoms with Gasteiger partial charge in [-0.1, -0.05) is 6.92 Å². The molecule has 0 aliphatic carbocycles. The zero-order valence-corrected chi connectivity index (χ0v) is 15.7. The van der Waals surface area contributed by atoms with Crippen LogP contribution < -0.4 is 15.4 Å². The van der Waals surface area contributed by atoms with E-state index < -0.39 is 18.5 Å². The molecule has 2 amide bonds. The summed E-state index contributed by atoms with van der Waals surface area (Å²) in [5, 5.41) is 5.75. The van der Waals surface area contributed by atoms with Crippen LogP contribution in [0.15, 0.2) is 22.6 Å². The number of furan rings is 1. The first-order valence-electron chi connectivity index (χ1n) is 8.82. The van der Waals surface area contributed by atoms with Crippen LogP contribution in [-0.2, 0) is 14.3 Å². The Balaban J connectivity index is 1.93. The highest BCUT2D eigenvalue weighted by atomic mass is 16.5. The number of hydrogen-bond acceptors (Lipinski definition) is 6. The van der Waals surface area contributed by atoms with Crippen molar-refractivity contribution in [1.29, 1.82) is 0 Å². The summed E-state index contributed by atoms with van der Waals surface area (Å²) in [6.45, 7) is 5.95. The predicted octanol–water partition coefficient (Wildman–Crippen LogP) is 1.94. The molecule has 2 N–H and O–H groups in total. The van der Waals surface area contributed by atoms with E-state index in [9.17, 15) is 14.4 Å². The molecule has 8 nitrogen and oxygen atoms in total. The first kappa shape index (κ1) is 20.3. The quantitative estimate of drug-likeness (QED) is 0.648. The zero-order valence-electron chi connectivity index (χ0n) is 15.7. The second-order valence-electron chi connectivity index (χ2n) is 5.85. The molecule has 2 aromatic rings. The van der Waals surface area contributed by atoms with E-state index in [0.29, 0.717) is 30.0 Å². The molecule has 0 unspecified atom stereocenters. The van der Waals surface area contributed by atoms with Crippen LogP contribution in [0.2, 0.25) is 0 Å². The van der Waals surface area contributed by atoms with Gasteiger partial charge in [-0.2, -0.15) is 0 Å². The van der Waals surface area contributed by atoms with Gasteiger partial charge in [0.25, 0.3) is 5.91 Å². The van der Waals surface area contributed by atoms with Gasteiger partial charge in [0.2, 0.25) is 11.7 Å². The van der Waals surface area contributed by atoms with Gasteiger partial charge in [0, 0.05) is 17.5 Å². The number of amides is 2. The van der Waals surface area contributed by atoms with Gasteiger partial charge in [-0.15, -0.1) is 0 Å². The van der Waals surface area contributed by atoms with Crippen LogP contribution in [0.4, 0.5) is 0 Å². The number of benzene rings is 1. The van der Waals surface area contributed by atoms with E-state index in [1.165, 1.54) is 0 Å². The van der Waals surface area contributed by atoms with E-state index in [0.717, 1.165) is 11.8 Å². The fourth-order valence-electron chi connectivity index (χ4n) is 2.40. The van der Waals surface area contributed by atoms with Crippen LogP contribution in [0, 0.1) is 6.92 Å². The van der Waals surface area contributed by atoms with Crippen molar-refractivity contribution in [3.63, 3.8) is 0 Å². The number of fused-ring (bicyclic) bond motifs is 1. The van der Waals surface area contributed by atoms with Crippen molar-refractivity contribution in [3.05, 3.63) is 29.5 Å². The van der Waals surface area contributed by atoms with Crippen molar-refractivity contribution in [3.8, 4) is 5.75 Å². The third-order valence-corrected chi connectivity index (χ3v) is 3.76. The largest absolute Gasteiger partial charge is 0.494 e. The lowest BCUT2D eigenvalue weighted by Crippen LogP contribution is -2.38. The van der Waals surface area contributed by atoms with E-state index in [1.54, 1.807) is 25.1 Å². The fourth-order valence-corrected chi connectivity index (χ4v) is 2.40. The number of nitrogens with one attached hydrogen (secondary N) is 2. The summed E-state index contributed by atoms with van der Waals surface area (Å²) >= 11 is 0. The molecule has 146 valence electrons. The van der Waals surface area contributed by atoms with E-state index in [1.807, 2.05) is 13.8 Å². The van der Waals surface area contributed by atoms with Crippen molar-refractivity contribution in [2.75, 3.05) is 26.3 Å². The Labute approximate surface area is 157 Å². The summed E-state index contributed by atoms with van der Waals surface area (Å²) in [4.78, 5) is 35.4. The van der Waals surface area contributed by atoms with E-state index in [2.05, 4.69) is 10.6 Å². The van der Waals surface area contributed by atoms with Crippen molar-refractivity contribution >= 4 is 28.8 Å². The Morgan fingerprint density at radius 1 is 1.11 bits per heavy atom. The number of aryl methyl sites for hydroxylation is 1. The zero-order chi connectivity index (χ0) is 19.8. The number of ether oxygens (including phenoxy) is 2. The van der Waals surface area contributed by atoms with Crippen molar-refractivity contribution in [1.82, 2.24) is 10.6 Å². The van der Waals surface area contributed by atoms with E-state index in [4.69, 9.17) is 13.9 Å². The molecule has 1 aromatic heterocycles. The smallest absolute Gasteiger partial charge is 0.375 e. The van der Waals surface area contributed by atoms with Crippen molar-refractivity contribution < 1.29 is 28.3 Å². The highest BCUT2D eigenvalue weighted by Gasteiger charge is 2.20. The Hall–Kier alpha value is -3.03. The molecule has 0 spiro atoms. The Morgan fingerprint density at radius 2 is 1.89 bits per heavy atom. The van der Waals surface area contributed by atoms with Gasteiger partial charge in [0.15, 0.2) is 6.61 Å². The number of hydrogen-bond donors (Lipinski definition) is 2. The van der Waals surface area contributed by atoms with E-state index >= 15 is 0 Å². The monoisotopic (exact) mass is 376 g/mol. The molecule has 0 fully saturated rings. The number of esters is 1. The lowest BCUT2D eigenvalue weighted by Gasteiger charge is -2.06. The molecule has 0 saturated carbocycles. The van der Waals surface area contributed by atoms with Crippen LogP contribution in [0.1, 0.15) is 36.4 Å². The highest BCUT2D eigenvalue weighted by molar-refractivity contribution is 5.97. The van der Waals surface area contributed by atoms with Crippen LogP contribution in [0.3, 0.4) is 0 Å². The van der Waals surface area contributed by atoms with Crippen LogP contribution in [0.5, 0.6) is 5.75 Å². The second-order valence-corrected chi connectivity index (χ2v) is 5.85. The Bertz CT molecular complexity index is 827. The minimum Gasteiger partial charge on any atom is -0.494 e. The molecule has 1 heterocycles. The molecule has 27 heavy (non-hydrogen) atoms. The van der Waals surface area contributed by atoms with Crippen molar-refractivity contribution in [2.45, 2.75) is 27.2 Å². The van der Waals surface area contributed by atoms with Gasteiger partial charge in [0.05, 0.1) is 13.2 Å². The van der Waals surface area contributed by atoms with Gasteiger partial charge >= 0.3 is 5.97 Å². The maximum atomic E-state index is 12.2. The lowest BCUT2D eigenvalue weighted by molar-refractivity contribution is -0.127. The number of rotatable bonds is 9. The summed E-state index contributed by atoms with van der Waals surface area (Å²) in [5.74, 6) is -0.897. The summed E-state index contributed by atoms with van der Waals surface area (Å²) in [5.41, 5.74) is 1.14. The fraction of sp³-hybridized carbons (Fsp3) is 0.421. The van der Waals surface area contributed by atoms with Crippen molar-refractivity contribution in [2.24, 2.45) is 0 Å². The molecule has 0 atom stereocenters. The standard InChI is InChI=1S/C19H24N2O6/c1-4-8-20-16(22)10-21-17(23)11-26-19(24)18-12(3)14-9-13(25-5-2)6-7-15(14)27-18/h6-7,9H,4-5,8,10-11H2,1-3H3,(H,20,22)(H,21,23). The van der Waals surface area contributed by atoms with Crippen LogP contribution in [-0.4, -0.2) is 44.1 Å². The van der Waals surface area contributed by atoms with Gasteiger partial charge in [-0.3, -0.25) is 9.59 Å². The number of carbonyl (C=O) groups is 3. The molecule has 0 aliphatic rings. The molecular formula is C19H24N2O6. The maximum absolute atomic E-state index is 12.2. The molecule has 2 rings (SSSR count). The van der Waals surface area contributed by atoms with Gasteiger partial charge in [0.1, 0.15) is 11.3 Å². The molecule has 0 aliphatic heterocycles. The normalized spacial score (nSPS) is 10.5. The SMILES string of the molecule is CCCNC(=O)CNC(=O)COC(=O)c1oc2ccc(OCC)cc2c1C.